The fraction of sp³-hybridized carbons (Fsp3) is 0.143. The molecular formula is C14H12Cl2FN. The molecule has 0 aliphatic heterocycles. The van der Waals surface area contributed by atoms with Gasteiger partial charge in [0.15, 0.2) is 0 Å². The Kier molecular flexibility index (Phi) is 4.23. The standard InChI is InChI=1S/C14H12Cl2FN/c15-11-6-10(7-12(16)8-11)13-2-1-9(3-4-18)5-14(13)17/h1-2,5-8H,3-4,18H2. The average molecular weight is 284 g/mol. The molecule has 0 aromatic heterocycles. The summed E-state index contributed by atoms with van der Waals surface area (Å²) in [5, 5.41) is 0.978. The second-order valence-corrected chi connectivity index (χ2v) is 4.88. The van der Waals surface area contributed by atoms with Gasteiger partial charge in [0.25, 0.3) is 0 Å². The molecule has 18 heavy (non-hydrogen) atoms. The van der Waals surface area contributed by atoms with Crippen LogP contribution in [-0.2, 0) is 6.42 Å². The third-order valence-electron chi connectivity index (χ3n) is 2.64. The Labute approximate surface area is 115 Å². The van der Waals surface area contributed by atoms with Crippen molar-refractivity contribution in [1.82, 2.24) is 0 Å². The number of halogens is 3. The molecule has 94 valence electrons. The van der Waals surface area contributed by atoms with E-state index in [2.05, 4.69) is 0 Å². The van der Waals surface area contributed by atoms with Gasteiger partial charge in [-0.1, -0.05) is 35.3 Å². The first kappa shape index (κ1) is 13.3. The van der Waals surface area contributed by atoms with E-state index < -0.39 is 0 Å². The predicted molar refractivity (Wildman–Crippen MR) is 74.6 cm³/mol. The number of rotatable bonds is 3. The van der Waals surface area contributed by atoms with Crippen LogP contribution in [0.5, 0.6) is 0 Å². The molecule has 4 heteroatoms. The van der Waals surface area contributed by atoms with Gasteiger partial charge in [-0.3, -0.25) is 0 Å². The Morgan fingerprint density at radius 2 is 1.67 bits per heavy atom. The number of hydrogen-bond acceptors (Lipinski definition) is 1. The van der Waals surface area contributed by atoms with Crippen LogP contribution in [0.4, 0.5) is 4.39 Å². The SMILES string of the molecule is NCCc1ccc(-c2cc(Cl)cc(Cl)c2)c(F)c1. The van der Waals surface area contributed by atoms with Gasteiger partial charge in [-0.25, -0.2) is 4.39 Å². The van der Waals surface area contributed by atoms with Crippen LogP contribution in [0.3, 0.4) is 0 Å². The van der Waals surface area contributed by atoms with Gasteiger partial charge in [-0.2, -0.15) is 0 Å². The minimum Gasteiger partial charge on any atom is -0.330 e. The molecule has 0 saturated carbocycles. The molecule has 0 unspecified atom stereocenters. The van der Waals surface area contributed by atoms with Crippen LogP contribution >= 0.6 is 23.2 Å². The highest BCUT2D eigenvalue weighted by Crippen LogP contribution is 2.29. The zero-order valence-corrected chi connectivity index (χ0v) is 11.1. The summed E-state index contributed by atoms with van der Waals surface area (Å²) < 4.78 is 14.0. The van der Waals surface area contributed by atoms with Gasteiger partial charge in [0.2, 0.25) is 0 Å². The van der Waals surface area contributed by atoms with Crippen LogP contribution in [0.15, 0.2) is 36.4 Å². The van der Waals surface area contributed by atoms with Crippen molar-refractivity contribution in [2.45, 2.75) is 6.42 Å². The highest BCUT2D eigenvalue weighted by atomic mass is 35.5. The third kappa shape index (κ3) is 3.02. The lowest BCUT2D eigenvalue weighted by Crippen LogP contribution is -2.03. The van der Waals surface area contributed by atoms with Crippen LogP contribution in [0.1, 0.15) is 5.56 Å². The van der Waals surface area contributed by atoms with E-state index in [1.807, 2.05) is 6.07 Å². The Morgan fingerprint density at radius 3 is 2.22 bits per heavy atom. The van der Waals surface area contributed by atoms with Crippen LogP contribution in [0.2, 0.25) is 10.0 Å². The highest BCUT2D eigenvalue weighted by molar-refractivity contribution is 6.35. The largest absolute Gasteiger partial charge is 0.330 e. The molecule has 0 spiro atoms. The van der Waals surface area contributed by atoms with Crippen molar-refractivity contribution in [1.29, 1.82) is 0 Å². The van der Waals surface area contributed by atoms with Gasteiger partial charge in [-0.05, 0) is 48.4 Å². The fourth-order valence-corrected chi connectivity index (χ4v) is 2.35. The Hall–Kier alpha value is -1.09. The second-order valence-electron chi connectivity index (χ2n) is 4.01. The van der Waals surface area contributed by atoms with Crippen molar-refractivity contribution in [2.75, 3.05) is 6.54 Å². The monoisotopic (exact) mass is 283 g/mol. The normalized spacial score (nSPS) is 10.7. The molecule has 0 aliphatic carbocycles. The summed E-state index contributed by atoms with van der Waals surface area (Å²) in [5.41, 5.74) is 7.48. The zero-order chi connectivity index (χ0) is 13.1. The Morgan fingerprint density at radius 1 is 1.00 bits per heavy atom. The van der Waals surface area contributed by atoms with Crippen LogP contribution in [-0.4, -0.2) is 6.54 Å². The first-order valence-electron chi connectivity index (χ1n) is 5.55. The summed E-state index contributed by atoms with van der Waals surface area (Å²) in [6.07, 6.45) is 0.660. The molecule has 0 amide bonds. The minimum absolute atomic E-state index is 0.292. The molecule has 0 heterocycles. The first-order chi connectivity index (χ1) is 8.60. The van der Waals surface area contributed by atoms with Gasteiger partial charge < -0.3 is 5.73 Å². The van der Waals surface area contributed by atoms with Crippen molar-refractivity contribution >= 4 is 23.2 Å². The van der Waals surface area contributed by atoms with Crippen molar-refractivity contribution in [3.05, 3.63) is 57.8 Å². The number of benzene rings is 2. The molecule has 2 aromatic rings. The Bertz CT molecular complexity index is 549. The Balaban J connectivity index is 2.44. The van der Waals surface area contributed by atoms with E-state index in [0.29, 0.717) is 34.1 Å². The van der Waals surface area contributed by atoms with Gasteiger partial charge in [0.05, 0.1) is 0 Å². The highest BCUT2D eigenvalue weighted by Gasteiger charge is 2.08. The van der Waals surface area contributed by atoms with Gasteiger partial charge >= 0.3 is 0 Å². The molecule has 0 fully saturated rings. The molecule has 2 aromatic carbocycles. The van der Waals surface area contributed by atoms with Crippen LogP contribution in [0.25, 0.3) is 11.1 Å². The van der Waals surface area contributed by atoms with Crippen molar-refractivity contribution < 1.29 is 4.39 Å². The molecule has 0 aliphatic rings. The second kappa shape index (κ2) is 5.70. The molecule has 0 saturated heterocycles. The van der Waals surface area contributed by atoms with E-state index in [-0.39, 0.29) is 5.82 Å². The molecule has 0 atom stereocenters. The number of nitrogens with two attached hydrogens (primary N) is 1. The lowest BCUT2D eigenvalue weighted by atomic mass is 10.0. The van der Waals surface area contributed by atoms with E-state index in [1.165, 1.54) is 6.07 Å². The predicted octanol–water partition coefficient (Wildman–Crippen LogP) is 4.30. The summed E-state index contributed by atoms with van der Waals surface area (Å²) in [6.45, 7) is 0.502. The summed E-state index contributed by atoms with van der Waals surface area (Å²) >= 11 is 11.8. The summed E-state index contributed by atoms with van der Waals surface area (Å²) in [6, 6.07) is 10.1. The summed E-state index contributed by atoms with van der Waals surface area (Å²) in [7, 11) is 0. The van der Waals surface area contributed by atoms with E-state index in [0.717, 1.165) is 5.56 Å². The van der Waals surface area contributed by atoms with E-state index in [4.69, 9.17) is 28.9 Å². The van der Waals surface area contributed by atoms with Crippen molar-refractivity contribution in [3.8, 4) is 11.1 Å². The minimum atomic E-state index is -0.292. The molecule has 2 rings (SSSR count). The quantitative estimate of drug-likeness (QED) is 0.893. The molecule has 0 radical (unpaired) electrons. The van der Waals surface area contributed by atoms with Crippen LogP contribution in [0, 0.1) is 5.82 Å². The molecule has 2 N–H and O–H groups in total. The summed E-state index contributed by atoms with van der Waals surface area (Å²) in [5.74, 6) is -0.292. The van der Waals surface area contributed by atoms with Gasteiger partial charge in [-0.15, -0.1) is 0 Å². The maximum atomic E-state index is 14.0. The lowest BCUT2D eigenvalue weighted by molar-refractivity contribution is 0.629. The maximum absolute atomic E-state index is 14.0. The van der Waals surface area contributed by atoms with Gasteiger partial charge in [0.1, 0.15) is 5.82 Å². The van der Waals surface area contributed by atoms with E-state index in [1.54, 1.807) is 24.3 Å². The van der Waals surface area contributed by atoms with Crippen LogP contribution < -0.4 is 5.73 Å². The topological polar surface area (TPSA) is 26.0 Å². The van der Waals surface area contributed by atoms with Crippen molar-refractivity contribution in [2.24, 2.45) is 5.73 Å². The third-order valence-corrected chi connectivity index (χ3v) is 3.08. The van der Waals surface area contributed by atoms with Gasteiger partial charge in [0, 0.05) is 15.6 Å². The van der Waals surface area contributed by atoms with E-state index in [9.17, 15) is 4.39 Å². The average Bonchev–Trinajstić information content (AvgIpc) is 2.28. The van der Waals surface area contributed by atoms with E-state index >= 15 is 0 Å². The number of hydrogen-bond donors (Lipinski definition) is 1. The molecule has 0 bridgehead atoms. The van der Waals surface area contributed by atoms with Crippen molar-refractivity contribution in [3.63, 3.8) is 0 Å². The lowest BCUT2D eigenvalue weighted by Gasteiger charge is -2.07. The fourth-order valence-electron chi connectivity index (χ4n) is 1.82. The maximum Gasteiger partial charge on any atom is 0.131 e. The zero-order valence-electron chi connectivity index (χ0n) is 9.59. The molecular weight excluding hydrogens is 272 g/mol. The first-order valence-corrected chi connectivity index (χ1v) is 6.30. The smallest absolute Gasteiger partial charge is 0.131 e. The summed E-state index contributed by atoms with van der Waals surface area (Å²) in [4.78, 5) is 0. The molecule has 1 nitrogen and oxygen atoms in total.